The van der Waals surface area contributed by atoms with Gasteiger partial charge < -0.3 is 5.32 Å². The Labute approximate surface area is 145 Å². The van der Waals surface area contributed by atoms with Crippen LogP contribution in [-0.4, -0.2) is 30.3 Å². The lowest BCUT2D eigenvalue weighted by Crippen LogP contribution is -2.31. The Hall–Kier alpha value is -3.07. The Morgan fingerprint density at radius 2 is 2.04 bits per heavy atom. The van der Waals surface area contributed by atoms with Gasteiger partial charge in [-0.05, 0) is 13.0 Å². The van der Waals surface area contributed by atoms with Gasteiger partial charge in [-0.1, -0.05) is 29.5 Å². The SMILES string of the molecule is C[C@@H](NC(=O)c1nn(C)c(=O)c2ccccc12)c1cn2ncsc2n1. The molecule has 3 heterocycles. The highest BCUT2D eigenvalue weighted by molar-refractivity contribution is 7.14. The van der Waals surface area contributed by atoms with Gasteiger partial charge in [-0.25, -0.2) is 14.2 Å². The van der Waals surface area contributed by atoms with Gasteiger partial charge in [0.2, 0.25) is 4.96 Å². The topological polar surface area (TPSA) is 94.2 Å². The third-order valence-electron chi connectivity index (χ3n) is 3.97. The molecule has 0 saturated heterocycles. The van der Waals surface area contributed by atoms with Crippen molar-refractivity contribution in [2.75, 3.05) is 0 Å². The summed E-state index contributed by atoms with van der Waals surface area (Å²) in [6.45, 7) is 1.84. The predicted octanol–water partition coefficient (Wildman–Crippen LogP) is 1.53. The number of hydrogen-bond acceptors (Lipinski definition) is 6. The molecule has 0 unspecified atom stereocenters. The van der Waals surface area contributed by atoms with E-state index < -0.39 is 0 Å². The minimum atomic E-state index is -0.358. The van der Waals surface area contributed by atoms with Crippen LogP contribution in [0.1, 0.15) is 29.1 Å². The summed E-state index contributed by atoms with van der Waals surface area (Å²) in [4.78, 5) is 30.1. The monoisotopic (exact) mass is 354 g/mol. The van der Waals surface area contributed by atoms with Crippen LogP contribution in [0.25, 0.3) is 15.7 Å². The van der Waals surface area contributed by atoms with E-state index in [0.717, 1.165) is 4.96 Å². The molecule has 8 nitrogen and oxygen atoms in total. The number of rotatable bonds is 3. The highest BCUT2D eigenvalue weighted by Gasteiger charge is 2.19. The number of carbonyl (C=O) groups is 1. The van der Waals surface area contributed by atoms with Crippen LogP contribution in [0.15, 0.2) is 40.8 Å². The fourth-order valence-electron chi connectivity index (χ4n) is 2.67. The van der Waals surface area contributed by atoms with Crippen molar-refractivity contribution in [1.82, 2.24) is 29.7 Å². The number of fused-ring (bicyclic) bond motifs is 2. The average molecular weight is 354 g/mol. The number of amides is 1. The molecule has 0 bridgehead atoms. The van der Waals surface area contributed by atoms with Crippen LogP contribution in [0, 0.1) is 0 Å². The molecule has 4 rings (SSSR count). The molecule has 1 N–H and O–H groups in total. The van der Waals surface area contributed by atoms with Crippen LogP contribution in [0.2, 0.25) is 0 Å². The molecule has 1 atom stereocenters. The first-order chi connectivity index (χ1) is 12.0. The molecule has 4 aromatic rings. The number of nitrogens with zero attached hydrogens (tertiary/aromatic N) is 5. The fourth-order valence-corrected chi connectivity index (χ4v) is 3.28. The Kier molecular flexibility index (Phi) is 3.57. The lowest BCUT2D eigenvalue weighted by molar-refractivity contribution is 0.0934. The van der Waals surface area contributed by atoms with Crippen LogP contribution in [-0.2, 0) is 7.05 Å². The van der Waals surface area contributed by atoms with Crippen LogP contribution >= 0.6 is 11.3 Å². The molecule has 9 heteroatoms. The normalized spacial score (nSPS) is 12.6. The van der Waals surface area contributed by atoms with E-state index in [2.05, 4.69) is 20.5 Å². The molecule has 126 valence electrons. The first kappa shape index (κ1) is 15.5. The third-order valence-corrected chi connectivity index (χ3v) is 4.66. The van der Waals surface area contributed by atoms with Crippen molar-refractivity contribution < 1.29 is 4.79 Å². The Morgan fingerprint density at radius 1 is 1.28 bits per heavy atom. The largest absolute Gasteiger partial charge is 0.342 e. The van der Waals surface area contributed by atoms with Crippen molar-refractivity contribution in [3.8, 4) is 0 Å². The Morgan fingerprint density at radius 3 is 2.80 bits per heavy atom. The zero-order chi connectivity index (χ0) is 17.6. The standard InChI is InChI=1S/C16H14N6O2S/c1-9(12-7-22-16(19-12)25-8-17-22)18-14(23)13-10-5-3-4-6-11(10)15(24)21(2)20-13/h3-9H,1-2H3,(H,18,23)/t9-/m1/s1. The van der Waals surface area contributed by atoms with E-state index in [9.17, 15) is 9.59 Å². The van der Waals surface area contributed by atoms with Crippen molar-refractivity contribution in [3.05, 3.63) is 57.7 Å². The van der Waals surface area contributed by atoms with Gasteiger partial charge in [0.25, 0.3) is 11.5 Å². The zero-order valence-electron chi connectivity index (χ0n) is 13.5. The second-order valence-corrected chi connectivity index (χ2v) is 6.46. The van der Waals surface area contributed by atoms with Gasteiger partial charge in [-0.2, -0.15) is 10.2 Å². The first-order valence-electron chi connectivity index (χ1n) is 7.60. The maximum absolute atomic E-state index is 12.7. The van der Waals surface area contributed by atoms with Crippen molar-refractivity contribution >= 4 is 33.0 Å². The molecular formula is C16H14N6O2S. The van der Waals surface area contributed by atoms with Crippen LogP contribution in [0.5, 0.6) is 0 Å². The number of benzene rings is 1. The Balaban J connectivity index is 1.69. The molecule has 0 aliphatic carbocycles. The summed E-state index contributed by atoms with van der Waals surface area (Å²) in [6.07, 6.45) is 1.78. The molecule has 3 aromatic heterocycles. The minimum absolute atomic E-state index is 0.212. The van der Waals surface area contributed by atoms with Crippen molar-refractivity contribution in [1.29, 1.82) is 0 Å². The summed E-state index contributed by atoms with van der Waals surface area (Å²) >= 11 is 1.42. The second-order valence-electron chi connectivity index (χ2n) is 5.65. The molecule has 1 aromatic carbocycles. The van der Waals surface area contributed by atoms with E-state index in [1.165, 1.54) is 23.1 Å². The number of carbonyl (C=O) groups excluding carboxylic acids is 1. The summed E-state index contributed by atoms with van der Waals surface area (Å²) in [7, 11) is 1.53. The first-order valence-corrected chi connectivity index (χ1v) is 8.48. The molecule has 1 amide bonds. The summed E-state index contributed by atoms with van der Waals surface area (Å²) in [6, 6.07) is 6.63. The predicted molar refractivity (Wildman–Crippen MR) is 93.7 cm³/mol. The lowest BCUT2D eigenvalue weighted by atomic mass is 10.1. The lowest BCUT2D eigenvalue weighted by Gasteiger charge is -2.13. The molecule has 25 heavy (non-hydrogen) atoms. The van der Waals surface area contributed by atoms with Crippen LogP contribution in [0.4, 0.5) is 0 Å². The van der Waals surface area contributed by atoms with E-state index in [-0.39, 0.29) is 23.2 Å². The van der Waals surface area contributed by atoms with Crippen LogP contribution in [0.3, 0.4) is 0 Å². The van der Waals surface area contributed by atoms with E-state index in [1.54, 1.807) is 40.5 Å². The molecule has 0 aliphatic rings. The molecule has 0 aliphatic heterocycles. The summed E-state index contributed by atoms with van der Waals surface area (Å²) in [5.74, 6) is -0.358. The van der Waals surface area contributed by atoms with Gasteiger partial charge >= 0.3 is 0 Å². The number of aryl methyl sites for hydroxylation is 1. The van der Waals surface area contributed by atoms with Crippen molar-refractivity contribution in [2.45, 2.75) is 13.0 Å². The summed E-state index contributed by atoms with van der Waals surface area (Å²) < 4.78 is 2.85. The maximum atomic E-state index is 12.7. The molecule has 0 spiro atoms. The highest BCUT2D eigenvalue weighted by atomic mass is 32.1. The molecule has 0 fully saturated rings. The number of imidazole rings is 1. The maximum Gasteiger partial charge on any atom is 0.274 e. The quantitative estimate of drug-likeness (QED) is 0.602. The summed E-state index contributed by atoms with van der Waals surface area (Å²) in [5.41, 5.74) is 2.39. The Bertz CT molecular complexity index is 1130. The van der Waals surface area contributed by atoms with E-state index in [1.807, 2.05) is 6.92 Å². The van der Waals surface area contributed by atoms with E-state index in [0.29, 0.717) is 16.5 Å². The van der Waals surface area contributed by atoms with Gasteiger partial charge in [-0.3, -0.25) is 9.59 Å². The van der Waals surface area contributed by atoms with Crippen LogP contribution < -0.4 is 10.9 Å². The van der Waals surface area contributed by atoms with E-state index >= 15 is 0 Å². The average Bonchev–Trinajstić information content (AvgIpc) is 3.20. The van der Waals surface area contributed by atoms with Gasteiger partial charge in [0.05, 0.1) is 23.3 Å². The molecule has 0 radical (unpaired) electrons. The molecule has 0 saturated carbocycles. The highest BCUT2D eigenvalue weighted by Crippen LogP contribution is 2.17. The minimum Gasteiger partial charge on any atom is -0.342 e. The smallest absolute Gasteiger partial charge is 0.274 e. The second kappa shape index (κ2) is 5.78. The number of aromatic nitrogens is 5. The number of nitrogens with one attached hydrogen (secondary N) is 1. The van der Waals surface area contributed by atoms with Gasteiger partial charge in [0, 0.05) is 12.4 Å². The third kappa shape index (κ3) is 2.58. The number of hydrogen-bond donors (Lipinski definition) is 1. The molecular weight excluding hydrogens is 340 g/mol. The fraction of sp³-hybridized carbons (Fsp3) is 0.188. The van der Waals surface area contributed by atoms with E-state index in [4.69, 9.17) is 0 Å². The summed E-state index contributed by atoms with van der Waals surface area (Å²) in [5, 5.41) is 12.1. The van der Waals surface area contributed by atoms with Gasteiger partial charge in [-0.15, -0.1) is 0 Å². The van der Waals surface area contributed by atoms with Gasteiger partial charge in [0.15, 0.2) is 5.69 Å². The van der Waals surface area contributed by atoms with Crippen molar-refractivity contribution in [2.24, 2.45) is 7.05 Å². The van der Waals surface area contributed by atoms with Crippen molar-refractivity contribution in [3.63, 3.8) is 0 Å². The van der Waals surface area contributed by atoms with Gasteiger partial charge in [0.1, 0.15) is 5.51 Å². The zero-order valence-corrected chi connectivity index (χ0v) is 14.3.